The third-order valence-corrected chi connectivity index (χ3v) is 4.53. The second kappa shape index (κ2) is 8.42. The van der Waals surface area contributed by atoms with Gasteiger partial charge in [-0.3, -0.25) is 14.6 Å². The van der Waals surface area contributed by atoms with Crippen molar-refractivity contribution in [2.45, 2.75) is 25.8 Å². The molecule has 1 aromatic heterocycles. The summed E-state index contributed by atoms with van der Waals surface area (Å²) in [5, 5.41) is 2.96. The number of hydrogen-bond acceptors (Lipinski definition) is 3. The number of aromatic nitrogens is 1. The van der Waals surface area contributed by atoms with Crippen LogP contribution < -0.4 is 5.32 Å². The summed E-state index contributed by atoms with van der Waals surface area (Å²) in [4.78, 5) is 30.8. The van der Waals surface area contributed by atoms with Gasteiger partial charge in [0, 0.05) is 32.0 Å². The quantitative estimate of drug-likeness (QED) is 0.910. The molecule has 1 fully saturated rings. The van der Waals surface area contributed by atoms with Crippen molar-refractivity contribution in [3.8, 4) is 0 Å². The summed E-state index contributed by atoms with van der Waals surface area (Å²) in [6, 6.07) is 13.5. The van der Waals surface area contributed by atoms with Crippen LogP contribution in [-0.4, -0.2) is 34.8 Å². The van der Waals surface area contributed by atoms with E-state index in [-0.39, 0.29) is 17.7 Å². The lowest BCUT2D eigenvalue weighted by molar-refractivity contribution is -0.135. The molecule has 1 atom stereocenters. The van der Waals surface area contributed by atoms with Crippen LogP contribution in [0.4, 0.5) is 0 Å². The highest BCUT2D eigenvalue weighted by atomic mass is 16.2. The third-order valence-electron chi connectivity index (χ3n) is 4.53. The van der Waals surface area contributed by atoms with Crippen molar-refractivity contribution < 1.29 is 9.59 Å². The highest BCUT2D eigenvalue weighted by molar-refractivity contribution is 5.82. The Balaban J connectivity index is 1.51. The van der Waals surface area contributed by atoms with E-state index >= 15 is 0 Å². The standard InChI is InChI=1S/C20H23N3O2/c24-19(12-16-6-2-1-3-7-16)23-11-5-9-18(15-23)20(25)22-14-17-8-4-10-21-13-17/h1-4,6-8,10,13,18H,5,9,11-12,14-15H2,(H,22,25). The monoisotopic (exact) mass is 337 g/mol. The van der Waals surface area contributed by atoms with Gasteiger partial charge in [-0.2, -0.15) is 0 Å². The second-order valence-electron chi connectivity index (χ2n) is 6.42. The van der Waals surface area contributed by atoms with Gasteiger partial charge < -0.3 is 10.2 Å². The first-order valence-electron chi connectivity index (χ1n) is 8.70. The van der Waals surface area contributed by atoms with Crippen molar-refractivity contribution in [1.29, 1.82) is 0 Å². The van der Waals surface area contributed by atoms with Gasteiger partial charge in [-0.1, -0.05) is 36.4 Å². The summed E-state index contributed by atoms with van der Waals surface area (Å²) in [7, 11) is 0. The van der Waals surface area contributed by atoms with Gasteiger partial charge in [0.1, 0.15) is 0 Å². The summed E-state index contributed by atoms with van der Waals surface area (Å²) >= 11 is 0. The molecule has 0 aliphatic carbocycles. The number of carbonyl (C=O) groups is 2. The fourth-order valence-corrected chi connectivity index (χ4v) is 3.14. The van der Waals surface area contributed by atoms with Crippen molar-refractivity contribution in [2.75, 3.05) is 13.1 Å². The molecule has 0 bridgehead atoms. The Kier molecular flexibility index (Phi) is 5.77. The molecule has 25 heavy (non-hydrogen) atoms. The molecule has 1 saturated heterocycles. The number of pyridine rings is 1. The Morgan fingerprint density at radius 1 is 1.12 bits per heavy atom. The van der Waals surface area contributed by atoms with Crippen LogP contribution in [0, 0.1) is 5.92 Å². The van der Waals surface area contributed by atoms with E-state index in [9.17, 15) is 9.59 Å². The third kappa shape index (κ3) is 4.89. The second-order valence-corrected chi connectivity index (χ2v) is 6.42. The fourth-order valence-electron chi connectivity index (χ4n) is 3.14. The van der Waals surface area contributed by atoms with Crippen molar-refractivity contribution in [3.63, 3.8) is 0 Å². The first kappa shape index (κ1) is 17.1. The number of piperidine rings is 1. The summed E-state index contributed by atoms with van der Waals surface area (Å²) in [6.45, 7) is 1.71. The number of amides is 2. The number of likely N-dealkylation sites (tertiary alicyclic amines) is 1. The number of rotatable bonds is 5. The van der Waals surface area contributed by atoms with Crippen LogP contribution in [-0.2, 0) is 22.6 Å². The number of benzene rings is 1. The van der Waals surface area contributed by atoms with Gasteiger partial charge in [-0.05, 0) is 30.0 Å². The number of nitrogens with one attached hydrogen (secondary N) is 1. The first-order valence-corrected chi connectivity index (χ1v) is 8.70. The van der Waals surface area contributed by atoms with Gasteiger partial charge in [-0.15, -0.1) is 0 Å². The molecule has 0 radical (unpaired) electrons. The Morgan fingerprint density at radius 2 is 1.92 bits per heavy atom. The van der Waals surface area contributed by atoms with E-state index in [1.54, 1.807) is 12.4 Å². The molecule has 1 aliphatic heterocycles. The molecule has 2 aromatic rings. The normalized spacial score (nSPS) is 17.1. The Morgan fingerprint density at radius 3 is 2.68 bits per heavy atom. The smallest absolute Gasteiger partial charge is 0.227 e. The van der Waals surface area contributed by atoms with Gasteiger partial charge in [0.2, 0.25) is 11.8 Å². The molecule has 1 unspecified atom stereocenters. The van der Waals surface area contributed by atoms with Gasteiger partial charge in [0.15, 0.2) is 0 Å². The molecule has 5 nitrogen and oxygen atoms in total. The van der Waals surface area contributed by atoms with E-state index in [2.05, 4.69) is 10.3 Å². The topological polar surface area (TPSA) is 62.3 Å². The van der Waals surface area contributed by atoms with Crippen molar-refractivity contribution in [1.82, 2.24) is 15.2 Å². The largest absolute Gasteiger partial charge is 0.352 e. The van der Waals surface area contributed by atoms with Crippen LogP contribution >= 0.6 is 0 Å². The number of carbonyl (C=O) groups excluding carboxylic acids is 2. The molecule has 2 amide bonds. The lowest BCUT2D eigenvalue weighted by atomic mass is 9.96. The van der Waals surface area contributed by atoms with Gasteiger partial charge in [0.05, 0.1) is 12.3 Å². The molecule has 1 aliphatic rings. The average Bonchev–Trinajstić information content (AvgIpc) is 2.68. The van der Waals surface area contributed by atoms with E-state index < -0.39 is 0 Å². The van der Waals surface area contributed by atoms with Crippen LogP contribution in [0.15, 0.2) is 54.9 Å². The minimum absolute atomic E-state index is 0.0149. The number of nitrogens with zero attached hydrogens (tertiary/aromatic N) is 2. The zero-order valence-corrected chi connectivity index (χ0v) is 14.2. The average molecular weight is 337 g/mol. The van der Waals surface area contributed by atoms with Crippen LogP contribution in [0.1, 0.15) is 24.0 Å². The zero-order valence-electron chi connectivity index (χ0n) is 14.2. The zero-order chi connectivity index (χ0) is 17.5. The predicted molar refractivity (Wildman–Crippen MR) is 95.5 cm³/mol. The molecular weight excluding hydrogens is 314 g/mol. The highest BCUT2D eigenvalue weighted by Crippen LogP contribution is 2.18. The number of hydrogen-bond donors (Lipinski definition) is 1. The molecule has 0 spiro atoms. The Hall–Kier alpha value is -2.69. The van der Waals surface area contributed by atoms with Crippen LogP contribution in [0.2, 0.25) is 0 Å². The Bertz CT molecular complexity index is 703. The molecule has 2 heterocycles. The van der Waals surface area contributed by atoms with Crippen molar-refractivity contribution in [2.24, 2.45) is 5.92 Å². The summed E-state index contributed by atoms with van der Waals surface area (Å²) in [5.41, 5.74) is 1.99. The van der Waals surface area contributed by atoms with Crippen LogP contribution in [0.25, 0.3) is 0 Å². The SMILES string of the molecule is O=C(NCc1cccnc1)C1CCCN(C(=O)Cc2ccccc2)C1. The molecule has 3 rings (SSSR count). The fraction of sp³-hybridized carbons (Fsp3) is 0.350. The molecule has 0 saturated carbocycles. The molecule has 1 N–H and O–H groups in total. The summed E-state index contributed by atoms with van der Waals surface area (Å²) in [5.74, 6) is -0.0258. The molecule has 5 heteroatoms. The van der Waals surface area contributed by atoms with Crippen LogP contribution in [0.5, 0.6) is 0 Å². The predicted octanol–water partition coefficient (Wildman–Crippen LogP) is 2.18. The minimum atomic E-state index is -0.134. The summed E-state index contributed by atoms with van der Waals surface area (Å²) in [6.07, 6.45) is 5.55. The van der Waals surface area contributed by atoms with E-state index in [1.165, 1.54) is 0 Å². The van der Waals surface area contributed by atoms with Gasteiger partial charge in [0.25, 0.3) is 0 Å². The highest BCUT2D eigenvalue weighted by Gasteiger charge is 2.28. The maximum Gasteiger partial charge on any atom is 0.227 e. The maximum absolute atomic E-state index is 12.5. The first-order chi connectivity index (χ1) is 12.2. The van der Waals surface area contributed by atoms with E-state index in [1.807, 2.05) is 47.4 Å². The minimum Gasteiger partial charge on any atom is -0.352 e. The van der Waals surface area contributed by atoms with E-state index in [0.717, 1.165) is 30.5 Å². The van der Waals surface area contributed by atoms with Gasteiger partial charge in [-0.25, -0.2) is 0 Å². The maximum atomic E-state index is 12.5. The lowest BCUT2D eigenvalue weighted by Crippen LogP contribution is -2.45. The van der Waals surface area contributed by atoms with Crippen LogP contribution in [0.3, 0.4) is 0 Å². The summed E-state index contributed by atoms with van der Waals surface area (Å²) < 4.78 is 0. The molecular formula is C20H23N3O2. The van der Waals surface area contributed by atoms with Crippen molar-refractivity contribution >= 4 is 11.8 Å². The Labute approximate surface area is 148 Å². The van der Waals surface area contributed by atoms with E-state index in [4.69, 9.17) is 0 Å². The lowest BCUT2D eigenvalue weighted by Gasteiger charge is -2.32. The molecule has 1 aromatic carbocycles. The molecule has 130 valence electrons. The van der Waals surface area contributed by atoms with Gasteiger partial charge >= 0.3 is 0 Å². The van der Waals surface area contributed by atoms with Crippen molar-refractivity contribution in [3.05, 3.63) is 66.0 Å². The van der Waals surface area contributed by atoms with E-state index in [0.29, 0.717) is 19.5 Å².